The molecule has 4 rings (SSSR count). The summed E-state index contributed by atoms with van der Waals surface area (Å²) in [5.74, 6) is 1.04. The van der Waals surface area contributed by atoms with Crippen LogP contribution in [-0.4, -0.2) is 39.0 Å². The van der Waals surface area contributed by atoms with E-state index in [2.05, 4.69) is 52.9 Å². The van der Waals surface area contributed by atoms with Crippen LogP contribution in [0.2, 0.25) is 0 Å². The van der Waals surface area contributed by atoms with Crippen molar-refractivity contribution in [3.05, 3.63) is 89.1 Å². The maximum atomic E-state index is 12.6. The number of carbonyl (C=O) groups is 2. The summed E-state index contributed by atoms with van der Waals surface area (Å²) in [5, 5.41) is 15.6. The zero-order valence-corrected chi connectivity index (χ0v) is 21.8. The van der Waals surface area contributed by atoms with Gasteiger partial charge in [-0.1, -0.05) is 29.5 Å². The molecule has 9 nitrogen and oxygen atoms in total. The molecule has 0 radical (unpaired) electrons. The van der Waals surface area contributed by atoms with E-state index in [9.17, 15) is 9.59 Å². The standard InChI is InChI=1S/C27H29N5O4S/c1-4-35-26(34)20-8-10-21(11-9-20)29-25(33)17-37-27-31-30-24(32(27)16-22-6-5-13-36-22)15-28-23-12-7-18(2)14-19(23)3/h5-14,28H,4,15-17H2,1-3H3,(H,29,33). The van der Waals surface area contributed by atoms with Gasteiger partial charge in [-0.2, -0.15) is 0 Å². The van der Waals surface area contributed by atoms with E-state index in [-0.39, 0.29) is 11.7 Å². The van der Waals surface area contributed by atoms with Gasteiger partial charge < -0.3 is 19.8 Å². The summed E-state index contributed by atoms with van der Waals surface area (Å²) in [5.41, 5.74) is 4.41. The van der Waals surface area contributed by atoms with Gasteiger partial charge in [0.1, 0.15) is 5.76 Å². The summed E-state index contributed by atoms with van der Waals surface area (Å²) in [6, 6.07) is 16.6. The maximum absolute atomic E-state index is 12.6. The quantitative estimate of drug-likeness (QED) is 0.209. The number of amides is 1. The monoisotopic (exact) mass is 519 g/mol. The number of aryl methyl sites for hydroxylation is 2. The number of aromatic nitrogens is 3. The highest BCUT2D eigenvalue weighted by molar-refractivity contribution is 7.99. The lowest BCUT2D eigenvalue weighted by molar-refractivity contribution is -0.113. The molecule has 0 aliphatic rings. The van der Waals surface area contributed by atoms with Crippen LogP contribution in [0.4, 0.5) is 11.4 Å². The third-order valence-electron chi connectivity index (χ3n) is 5.52. The molecule has 2 heterocycles. The smallest absolute Gasteiger partial charge is 0.338 e. The molecule has 0 aliphatic heterocycles. The molecule has 0 bridgehead atoms. The predicted molar refractivity (Wildman–Crippen MR) is 143 cm³/mol. The summed E-state index contributed by atoms with van der Waals surface area (Å²) in [4.78, 5) is 24.4. The molecule has 0 saturated heterocycles. The van der Waals surface area contributed by atoms with E-state index >= 15 is 0 Å². The van der Waals surface area contributed by atoms with Crippen molar-refractivity contribution in [3.8, 4) is 0 Å². The fourth-order valence-corrected chi connectivity index (χ4v) is 4.45. The van der Waals surface area contributed by atoms with E-state index in [1.165, 1.54) is 17.3 Å². The van der Waals surface area contributed by atoms with Crippen LogP contribution in [-0.2, 0) is 22.6 Å². The SMILES string of the molecule is CCOC(=O)c1ccc(NC(=O)CSc2nnc(CNc3ccc(C)cc3C)n2Cc2ccco2)cc1. The first-order valence-electron chi connectivity index (χ1n) is 11.9. The van der Waals surface area contributed by atoms with Gasteiger partial charge in [0, 0.05) is 11.4 Å². The zero-order valence-electron chi connectivity index (χ0n) is 21.0. The first-order valence-corrected chi connectivity index (χ1v) is 12.9. The van der Waals surface area contributed by atoms with Crippen molar-refractivity contribution in [2.24, 2.45) is 0 Å². The van der Waals surface area contributed by atoms with Crippen LogP contribution < -0.4 is 10.6 Å². The van der Waals surface area contributed by atoms with Gasteiger partial charge in [0.05, 0.1) is 37.3 Å². The Labute approximate surface area is 219 Å². The predicted octanol–water partition coefficient (Wildman–Crippen LogP) is 5.06. The first kappa shape index (κ1) is 26.0. The topological polar surface area (TPSA) is 111 Å². The lowest BCUT2D eigenvalue weighted by Gasteiger charge is -2.12. The Morgan fingerprint density at radius 1 is 1.08 bits per heavy atom. The van der Waals surface area contributed by atoms with E-state index in [1.54, 1.807) is 37.5 Å². The Morgan fingerprint density at radius 2 is 1.89 bits per heavy atom. The average molecular weight is 520 g/mol. The minimum atomic E-state index is -0.394. The van der Waals surface area contributed by atoms with Gasteiger partial charge in [-0.3, -0.25) is 9.36 Å². The highest BCUT2D eigenvalue weighted by Gasteiger charge is 2.16. The first-order chi connectivity index (χ1) is 17.9. The molecule has 37 heavy (non-hydrogen) atoms. The van der Waals surface area contributed by atoms with Crippen molar-refractivity contribution in [1.82, 2.24) is 14.8 Å². The molecule has 0 atom stereocenters. The van der Waals surface area contributed by atoms with Gasteiger partial charge in [0.25, 0.3) is 0 Å². The summed E-state index contributed by atoms with van der Waals surface area (Å²) >= 11 is 1.29. The van der Waals surface area contributed by atoms with Crippen LogP contribution in [0.25, 0.3) is 0 Å². The molecule has 0 fully saturated rings. The maximum Gasteiger partial charge on any atom is 0.338 e. The van der Waals surface area contributed by atoms with Crippen LogP contribution in [0.3, 0.4) is 0 Å². The van der Waals surface area contributed by atoms with Gasteiger partial charge in [0.15, 0.2) is 11.0 Å². The fraction of sp³-hybridized carbons (Fsp3) is 0.259. The second kappa shape index (κ2) is 12.3. The lowest BCUT2D eigenvalue weighted by Crippen LogP contribution is -2.15. The molecule has 2 N–H and O–H groups in total. The largest absolute Gasteiger partial charge is 0.467 e. The lowest BCUT2D eigenvalue weighted by atomic mass is 10.1. The average Bonchev–Trinajstić information content (AvgIpc) is 3.53. The van der Waals surface area contributed by atoms with Crippen LogP contribution in [0.15, 0.2) is 70.4 Å². The number of hydrogen-bond donors (Lipinski definition) is 2. The Hall–Kier alpha value is -4.05. The van der Waals surface area contributed by atoms with Gasteiger partial charge >= 0.3 is 5.97 Å². The summed E-state index contributed by atoms with van der Waals surface area (Å²) in [7, 11) is 0. The zero-order chi connectivity index (χ0) is 26.2. The molecule has 0 aliphatic carbocycles. The molecular formula is C27H29N5O4S. The molecule has 0 saturated carbocycles. The molecule has 2 aromatic heterocycles. The number of esters is 1. The van der Waals surface area contributed by atoms with E-state index in [0.29, 0.717) is 36.1 Å². The van der Waals surface area contributed by atoms with Crippen molar-refractivity contribution in [2.75, 3.05) is 23.0 Å². The number of nitrogens with zero attached hydrogens (tertiary/aromatic N) is 3. The van der Waals surface area contributed by atoms with E-state index in [1.807, 2.05) is 16.7 Å². The highest BCUT2D eigenvalue weighted by atomic mass is 32.2. The molecule has 192 valence electrons. The molecule has 0 spiro atoms. The molecular weight excluding hydrogens is 490 g/mol. The van der Waals surface area contributed by atoms with E-state index in [0.717, 1.165) is 22.8 Å². The van der Waals surface area contributed by atoms with Crippen molar-refractivity contribution in [2.45, 2.75) is 39.0 Å². The van der Waals surface area contributed by atoms with Crippen molar-refractivity contribution < 1.29 is 18.7 Å². The fourth-order valence-electron chi connectivity index (χ4n) is 3.69. The second-order valence-corrected chi connectivity index (χ2v) is 9.31. The summed E-state index contributed by atoms with van der Waals surface area (Å²) in [6.45, 7) is 7.11. The molecule has 10 heteroatoms. The van der Waals surface area contributed by atoms with Crippen molar-refractivity contribution in [1.29, 1.82) is 0 Å². The Kier molecular flexibility index (Phi) is 8.63. The molecule has 1 amide bonds. The second-order valence-electron chi connectivity index (χ2n) is 8.37. The van der Waals surface area contributed by atoms with E-state index in [4.69, 9.17) is 9.15 Å². The molecule has 4 aromatic rings. The normalized spacial score (nSPS) is 10.8. The number of thioether (sulfide) groups is 1. The third-order valence-corrected chi connectivity index (χ3v) is 6.49. The minimum absolute atomic E-state index is 0.139. The Bertz CT molecular complexity index is 1350. The van der Waals surface area contributed by atoms with Crippen LogP contribution in [0.5, 0.6) is 0 Å². The molecule has 0 unspecified atom stereocenters. The highest BCUT2D eigenvalue weighted by Crippen LogP contribution is 2.22. The number of ether oxygens (including phenoxy) is 1. The number of rotatable bonds is 11. The summed E-state index contributed by atoms with van der Waals surface area (Å²) in [6.07, 6.45) is 1.63. The van der Waals surface area contributed by atoms with Crippen LogP contribution in [0.1, 0.15) is 40.0 Å². The summed E-state index contributed by atoms with van der Waals surface area (Å²) < 4.78 is 12.5. The number of hydrogen-bond acceptors (Lipinski definition) is 8. The number of nitrogens with one attached hydrogen (secondary N) is 2. The van der Waals surface area contributed by atoms with Crippen molar-refractivity contribution in [3.63, 3.8) is 0 Å². The van der Waals surface area contributed by atoms with Gasteiger partial charge in [-0.25, -0.2) is 4.79 Å². The Balaban J connectivity index is 1.41. The number of carbonyl (C=O) groups excluding carboxylic acids is 2. The van der Waals surface area contributed by atoms with Crippen LogP contribution >= 0.6 is 11.8 Å². The number of anilines is 2. The molecule has 2 aromatic carbocycles. The number of furan rings is 1. The van der Waals surface area contributed by atoms with Gasteiger partial charge in [-0.15, -0.1) is 10.2 Å². The van der Waals surface area contributed by atoms with Gasteiger partial charge in [0.2, 0.25) is 5.91 Å². The number of benzene rings is 2. The van der Waals surface area contributed by atoms with Crippen LogP contribution in [0, 0.1) is 13.8 Å². The minimum Gasteiger partial charge on any atom is -0.467 e. The third kappa shape index (κ3) is 7.01. The Morgan fingerprint density at radius 3 is 2.59 bits per heavy atom. The van der Waals surface area contributed by atoms with Gasteiger partial charge in [-0.05, 0) is 68.8 Å². The van der Waals surface area contributed by atoms with Crippen molar-refractivity contribution >= 4 is 35.0 Å². The van der Waals surface area contributed by atoms with E-state index < -0.39 is 5.97 Å².